The van der Waals surface area contributed by atoms with Gasteiger partial charge in [-0.2, -0.15) is 0 Å². The number of rotatable bonds is 2. The lowest BCUT2D eigenvalue weighted by molar-refractivity contribution is -0.145. The molecule has 2 rings (SSSR count). The SMILES string of the molecule is COC(=O)C1CC(=O)N(c2cc(F)cc(Cl)c2)C1. The largest absolute Gasteiger partial charge is 0.469 e. The molecular formula is C12H11ClFNO3. The van der Waals surface area contributed by atoms with Gasteiger partial charge in [0.15, 0.2) is 0 Å². The Balaban J connectivity index is 2.24. The van der Waals surface area contributed by atoms with E-state index < -0.39 is 17.7 Å². The summed E-state index contributed by atoms with van der Waals surface area (Å²) in [5, 5.41) is 0.208. The van der Waals surface area contributed by atoms with E-state index in [1.807, 2.05) is 0 Å². The van der Waals surface area contributed by atoms with E-state index in [0.29, 0.717) is 5.69 Å². The third-order valence-electron chi connectivity index (χ3n) is 2.82. The smallest absolute Gasteiger partial charge is 0.311 e. The Bertz CT molecular complexity index is 486. The first-order valence-electron chi connectivity index (χ1n) is 5.35. The van der Waals surface area contributed by atoms with Crippen molar-refractivity contribution in [1.29, 1.82) is 0 Å². The van der Waals surface area contributed by atoms with Gasteiger partial charge in [-0.15, -0.1) is 0 Å². The molecule has 18 heavy (non-hydrogen) atoms. The van der Waals surface area contributed by atoms with Crippen LogP contribution in [0.1, 0.15) is 6.42 Å². The fourth-order valence-electron chi connectivity index (χ4n) is 1.98. The van der Waals surface area contributed by atoms with Crippen molar-refractivity contribution in [3.05, 3.63) is 29.0 Å². The van der Waals surface area contributed by atoms with Crippen LogP contribution in [-0.2, 0) is 14.3 Å². The summed E-state index contributed by atoms with van der Waals surface area (Å²) in [6.45, 7) is 0.186. The van der Waals surface area contributed by atoms with Crippen LogP contribution in [0.5, 0.6) is 0 Å². The van der Waals surface area contributed by atoms with Crippen LogP contribution in [0, 0.1) is 11.7 Å². The van der Waals surface area contributed by atoms with Crippen molar-refractivity contribution < 1.29 is 18.7 Å². The fraction of sp³-hybridized carbons (Fsp3) is 0.333. The quantitative estimate of drug-likeness (QED) is 0.773. The Labute approximate surface area is 108 Å². The van der Waals surface area contributed by atoms with Gasteiger partial charge in [-0.1, -0.05) is 11.6 Å². The van der Waals surface area contributed by atoms with Crippen molar-refractivity contribution in [2.45, 2.75) is 6.42 Å². The average molecular weight is 272 g/mol. The van der Waals surface area contributed by atoms with E-state index in [1.165, 1.54) is 24.1 Å². The van der Waals surface area contributed by atoms with Gasteiger partial charge in [0.2, 0.25) is 5.91 Å². The standard InChI is InChI=1S/C12H11ClFNO3/c1-18-12(17)7-2-11(16)15(6-7)10-4-8(13)3-9(14)5-10/h3-5,7H,2,6H2,1H3. The molecule has 6 heteroatoms. The summed E-state index contributed by atoms with van der Waals surface area (Å²) < 4.78 is 17.8. The molecule has 0 spiro atoms. The maximum atomic E-state index is 13.2. The molecule has 0 aromatic heterocycles. The number of ether oxygens (including phenoxy) is 1. The first kappa shape index (κ1) is 12.8. The normalized spacial score (nSPS) is 19.2. The van der Waals surface area contributed by atoms with Crippen molar-refractivity contribution in [2.24, 2.45) is 5.92 Å². The molecule has 0 radical (unpaired) electrons. The second kappa shape index (κ2) is 4.94. The van der Waals surface area contributed by atoms with E-state index in [0.717, 1.165) is 6.07 Å². The number of nitrogens with zero attached hydrogens (tertiary/aromatic N) is 1. The molecule has 1 unspecified atom stereocenters. The van der Waals surface area contributed by atoms with Crippen LogP contribution in [0.15, 0.2) is 18.2 Å². The van der Waals surface area contributed by atoms with E-state index in [2.05, 4.69) is 4.74 Å². The van der Waals surface area contributed by atoms with Crippen molar-refractivity contribution in [3.63, 3.8) is 0 Å². The summed E-state index contributed by atoms with van der Waals surface area (Å²) in [5.74, 6) is -1.71. The summed E-state index contributed by atoms with van der Waals surface area (Å²) in [6.07, 6.45) is 0.0702. The second-order valence-corrected chi connectivity index (χ2v) is 4.49. The zero-order valence-corrected chi connectivity index (χ0v) is 10.4. The number of halogens is 2. The van der Waals surface area contributed by atoms with Crippen molar-refractivity contribution >= 4 is 29.2 Å². The van der Waals surface area contributed by atoms with Gasteiger partial charge in [0, 0.05) is 23.7 Å². The maximum absolute atomic E-state index is 13.2. The lowest BCUT2D eigenvalue weighted by Crippen LogP contribution is -2.26. The molecule has 1 aromatic rings. The topological polar surface area (TPSA) is 46.6 Å². The lowest BCUT2D eigenvalue weighted by Gasteiger charge is -2.16. The molecule has 1 fully saturated rings. The Hall–Kier alpha value is -1.62. The molecule has 0 N–H and O–H groups in total. The zero-order valence-electron chi connectivity index (χ0n) is 9.65. The van der Waals surface area contributed by atoms with Crippen LogP contribution in [-0.4, -0.2) is 25.5 Å². The number of hydrogen-bond acceptors (Lipinski definition) is 3. The zero-order chi connectivity index (χ0) is 13.3. The van der Waals surface area contributed by atoms with E-state index in [9.17, 15) is 14.0 Å². The van der Waals surface area contributed by atoms with Crippen molar-refractivity contribution in [2.75, 3.05) is 18.6 Å². The van der Waals surface area contributed by atoms with E-state index >= 15 is 0 Å². The monoisotopic (exact) mass is 271 g/mol. The predicted molar refractivity (Wildman–Crippen MR) is 63.9 cm³/mol. The molecule has 96 valence electrons. The van der Waals surface area contributed by atoms with Gasteiger partial charge < -0.3 is 9.64 Å². The van der Waals surface area contributed by atoms with Crippen LogP contribution in [0.25, 0.3) is 0 Å². The number of esters is 1. The molecule has 1 aliphatic rings. The van der Waals surface area contributed by atoms with Gasteiger partial charge in [0.1, 0.15) is 5.82 Å². The van der Waals surface area contributed by atoms with Crippen molar-refractivity contribution in [3.8, 4) is 0 Å². The molecule has 0 saturated carbocycles. The van der Waals surface area contributed by atoms with Crippen LogP contribution < -0.4 is 4.90 Å². The highest BCUT2D eigenvalue weighted by molar-refractivity contribution is 6.31. The molecule has 1 atom stereocenters. The van der Waals surface area contributed by atoms with Crippen LogP contribution in [0.2, 0.25) is 5.02 Å². The summed E-state index contributed by atoms with van der Waals surface area (Å²) in [4.78, 5) is 24.5. The number of hydrogen-bond donors (Lipinski definition) is 0. The highest BCUT2D eigenvalue weighted by Gasteiger charge is 2.36. The Kier molecular flexibility index (Phi) is 3.52. The number of carbonyl (C=O) groups is 2. The summed E-state index contributed by atoms with van der Waals surface area (Å²) >= 11 is 5.73. The van der Waals surface area contributed by atoms with Crippen LogP contribution in [0.4, 0.5) is 10.1 Å². The third kappa shape index (κ3) is 2.46. The molecule has 0 aliphatic carbocycles. The van der Waals surface area contributed by atoms with E-state index in [1.54, 1.807) is 0 Å². The lowest BCUT2D eigenvalue weighted by atomic mass is 10.1. The Morgan fingerprint density at radius 3 is 2.83 bits per heavy atom. The molecular weight excluding hydrogens is 261 g/mol. The number of benzene rings is 1. The number of amides is 1. The molecule has 1 aliphatic heterocycles. The summed E-state index contributed by atoms with van der Waals surface area (Å²) in [5.41, 5.74) is 0.358. The number of carbonyl (C=O) groups excluding carboxylic acids is 2. The highest BCUT2D eigenvalue weighted by Crippen LogP contribution is 2.28. The third-order valence-corrected chi connectivity index (χ3v) is 3.04. The van der Waals surface area contributed by atoms with Gasteiger partial charge in [-0.3, -0.25) is 9.59 Å². The Morgan fingerprint density at radius 1 is 1.50 bits per heavy atom. The molecule has 1 saturated heterocycles. The minimum atomic E-state index is -0.521. The van der Waals surface area contributed by atoms with Gasteiger partial charge in [0.05, 0.1) is 13.0 Å². The van der Waals surface area contributed by atoms with E-state index in [4.69, 9.17) is 11.6 Å². The first-order valence-corrected chi connectivity index (χ1v) is 5.73. The molecule has 4 nitrogen and oxygen atoms in total. The molecule has 1 aromatic carbocycles. The van der Waals surface area contributed by atoms with E-state index in [-0.39, 0.29) is 23.9 Å². The first-order chi connectivity index (χ1) is 8.51. The summed E-state index contributed by atoms with van der Waals surface area (Å²) in [7, 11) is 1.27. The van der Waals surface area contributed by atoms with Crippen LogP contribution >= 0.6 is 11.6 Å². The highest BCUT2D eigenvalue weighted by atomic mass is 35.5. The predicted octanol–water partition coefficient (Wildman–Crippen LogP) is 2.00. The number of methoxy groups -OCH3 is 1. The van der Waals surface area contributed by atoms with Gasteiger partial charge in [0.25, 0.3) is 0 Å². The van der Waals surface area contributed by atoms with Gasteiger partial charge in [-0.05, 0) is 18.2 Å². The molecule has 1 amide bonds. The average Bonchev–Trinajstić information content (AvgIpc) is 2.69. The van der Waals surface area contributed by atoms with Gasteiger partial charge in [-0.25, -0.2) is 4.39 Å². The maximum Gasteiger partial charge on any atom is 0.311 e. The van der Waals surface area contributed by atoms with Crippen LogP contribution in [0.3, 0.4) is 0 Å². The van der Waals surface area contributed by atoms with Crippen molar-refractivity contribution in [1.82, 2.24) is 0 Å². The minimum Gasteiger partial charge on any atom is -0.469 e. The minimum absolute atomic E-state index is 0.0702. The number of anilines is 1. The molecule has 1 heterocycles. The summed E-state index contributed by atoms with van der Waals surface area (Å²) in [6, 6.07) is 3.86. The fourth-order valence-corrected chi connectivity index (χ4v) is 2.19. The Morgan fingerprint density at radius 2 is 2.22 bits per heavy atom. The second-order valence-electron chi connectivity index (χ2n) is 4.06. The van der Waals surface area contributed by atoms with Gasteiger partial charge >= 0.3 is 5.97 Å². The molecule has 0 bridgehead atoms.